The van der Waals surface area contributed by atoms with Crippen LogP contribution in [-0.2, 0) is 24.9 Å². The number of hydrogen-bond donors (Lipinski definition) is 2. The highest BCUT2D eigenvalue weighted by molar-refractivity contribution is 14.0. The molecule has 2 N–H and O–H groups in total. The van der Waals surface area contributed by atoms with Crippen LogP contribution in [0.1, 0.15) is 41.2 Å². The quantitative estimate of drug-likeness (QED) is 0.364. The van der Waals surface area contributed by atoms with Crippen LogP contribution >= 0.6 is 24.0 Å². The second kappa shape index (κ2) is 10.8. The van der Waals surface area contributed by atoms with Crippen molar-refractivity contribution in [1.29, 1.82) is 0 Å². The summed E-state index contributed by atoms with van der Waals surface area (Å²) in [6, 6.07) is 6.48. The highest BCUT2D eigenvalue weighted by atomic mass is 127. The molecule has 8 heteroatoms. The lowest BCUT2D eigenvalue weighted by atomic mass is 10.1. The number of aryl methyl sites for hydroxylation is 3. The van der Waals surface area contributed by atoms with Gasteiger partial charge in [0, 0.05) is 20.2 Å². The topological polar surface area (TPSA) is 76.4 Å². The van der Waals surface area contributed by atoms with Crippen LogP contribution in [-0.4, -0.2) is 40.0 Å². The summed E-state index contributed by atoms with van der Waals surface area (Å²) in [5.41, 5.74) is 3.77. The minimum Gasteiger partial charge on any atom is -0.376 e. The Labute approximate surface area is 184 Å². The van der Waals surface area contributed by atoms with Gasteiger partial charge in [0.2, 0.25) is 0 Å². The van der Waals surface area contributed by atoms with Crippen LogP contribution < -0.4 is 10.6 Å². The molecule has 1 unspecified atom stereocenters. The van der Waals surface area contributed by atoms with Gasteiger partial charge in [-0.25, -0.2) is 4.99 Å². The Kier molecular flexibility index (Phi) is 8.68. The Morgan fingerprint density at radius 1 is 1.25 bits per heavy atom. The van der Waals surface area contributed by atoms with E-state index >= 15 is 0 Å². The van der Waals surface area contributed by atoms with Crippen LogP contribution in [0, 0.1) is 20.8 Å². The number of benzene rings is 1. The third kappa shape index (κ3) is 6.16. The number of aromatic nitrogens is 3. The lowest BCUT2D eigenvalue weighted by Gasteiger charge is -2.16. The molecular formula is C20H31IN6O. The average Bonchev–Trinajstić information content (AvgIpc) is 3.27. The fourth-order valence-corrected chi connectivity index (χ4v) is 3.15. The molecule has 1 aromatic heterocycles. The predicted octanol–water partition coefficient (Wildman–Crippen LogP) is 2.77. The normalized spacial score (nSPS) is 16.7. The van der Waals surface area contributed by atoms with Crippen molar-refractivity contribution in [2.45, 2.75) is 52.8 Å². The van der Waals surface area contributed by atoms with E-state index in [-0.39, 0.29) is 30.1 Å². The molecule has 1 aliphatic heterocycles. The van der Waals surface area contributed by atoms with Crippen molar-refractivity contribution < 1.29 is 4.74 Å². The van der Waals surface area contributed by atoms with E-state index in [1.165, 1.54) is 16.7 Å². The van der Waals surface area contributed by atoms with Crippen molar-refractivity contribution >= 4 is 29.9 Å². The summed E-state index contributed by atoms with van der Waals surface area (Å²) in [4.78, 5) is 4.78. The largest absolute Gasteiger partial charge is 0.376 e. The molecule has 7 nitrogen and oxygen atoms in total. The molecule has 0 radical (unpaired) electrons. The van der Waals surface area contributed by atoms with Crippen LogP contribution in [0.5, 0.6) is 0 Å². The Bertz CT molecular complexity index is 798. The zero-order chi connectivity index (χ0) is 19.2. The highest BCUT2D eigenvalue weighted by Crippen LogP contribution is 2.12. The first-order chi connectivity index (χ1) is 13.0. The van der Waals surface area contributed by atoms with E-state index in [1.54, 1.807) is 0 Å². The van der Waals surface area contributed by atoms with E-state index in [9.17, 15) is 0 Å². The zero-order valence-electron chi connectivity index (χ0n) is 17.2. The van der Waals surface area contributed by atoms with Crippen molar-refractivity contribution in [2.75, 3.05) is 13.2 Å². The molecule has 0 saturated carbocycles. The summed E-state index contributed by atoms with van der Waals surface area (Å²) in [5, 5.41) is 15.1. The molecule has 0 spiro atoms. The van der Waals surface area contributed by atoms with Crippen molar-refractivity contribution in [2.24, 2.45) is 12.0 Å². The first-order valence-corrected chi connectivity index (χ1v) is 9.57. The van der Waals surface area contributed by atoms with Crippen LogP contribution in [0.25, 0.3) is 0 Å². The highest BCUT2D eigenvalue weighted by Gasteiger charge is 2.16. The van der Waals surface area contributed by atoms with Gasteiger partial charge in [0.1, 0.15) is 5.82 Å². The molecule has 0 aliphatic carbocycles. The molecule has 2 heterocycles. The maximum Gasteiger partial charge on any atom is 0.192 e. The number of guanidine groups is 1. The summed E-state index contributed by atoms with van der Waals surface area (Å²) in [6.45, 7) is 9.00. The molecule has 28 heavy (non-hydrogen) atoms. The fourth-order valence-electron chi connectivity index (χ4n) is 3.15. The van der Waals surface area contributed by atoms with E-state index in [4.69, 9.17) is 9.73 Å². The number of rotatable bonds is 6. The summed E-state index contributed by atoms with van der Waals surface area (Å²) in [5.74, 6) is 2.55. The van der Waals surface area contributed by atoms with Crippen LogP contribution in [0.2, 0.25) is 0 Å². The lowest BCUT2D eigenvalue weighted by Crippen LogP contribution is -2.41. The Balaban J connectivity index is 0.00000280. The van der Waals surface area contributed by atoms with Crippen LogP contribution in [0.4, 0.5) is 0 Å². The smallest absolute Gasteiger partial charge is 0.192 e. The van der Waals surface area contributed by atoms with Gasteiger partial charge in [-0.1, -0.05) is 23.8 Å². The Morgan fingerprint density at radius 3 is 2.71 bits per heavy atom. The molecular weight excluding hydrogens is 467 g/mol. The molecule has 3 rings (SSSR count). The van der Waals surface area contributed by atoms with Gasteiger partial charge in [0.15, 0.2) is 11.8 Å². The van der Waals surface area contributed by atoms with Crippen LogP contribution in [0.3, 0.4) is 0 Å². The monoisotopic (exact) mass is 498 g/mol. The number of hydrogen-bond acceptors (Lipinski definition) is 4. The van der Waals surface area contributed by atoms with Gasteiger partial charge in [-0.15, -0.1) is 34.2 Å². The van der Waals surface area contributed by atoms with Crippen molar-refractivity contribution in [3.63, 3.8) is 0 Å². The molecule has 1 aromatic carbocycles. The van der Waals surface area contributed by atoms with E-state index in [0.29, 0.717) is 13.1 Å². The van der Waals surface area contributed by atoms with Gasteiger partial charge in [0.25, 0.3) is 0 Å². The first-order valence-electron chi connectivity index (χ1n) is 9.57. The molecule has 0 amide bonds. The Hall–Kier alpha value is -1.68. The van der Waals surface area contributed by atoms with Gasteiger partial charge < -0.3 is 19.9 Å². The Morgan fingerprint density at radius 2 is 2.07 bits per heavy atom. The molecule has 1 saturated heterocycles. The first kappa shape index (κ1) is 22.6. The molecule has 154 valence electrons. The van der Waals surface area contributed by atoms with Crippen molar-refractivity contribution in [3.05, 3.63) is 46.5 Å². The summed E-state index contributed by atoms with van der Waals surface area (Å²) in [6.07, 6.45) is 2.49. The number of nitrogens with one attached hydrogen (secondary N) is 2. The van der Waals surface area contributed by atoms with Gasteiger partial charge in [-0.3, -0.25) is 0 Å². The van der Waals surface area contributed by atoms with E-state index in [0.717, 1.165) is 43.6 Å². The van der Waals surface area contributed by atoms with E-state index in [2.05, 4.69) is 52.9 Å². The van der Waals surface area contributed by atoms with Gasteiger partial charge in [-0.05, 0) is 44.7 Å². The second-order valence-corrected chi connectivity index (χ2v) is 7.19. The lowest BCUT2D eigenvalue weighted by molar-refractivity contribution is 0.113. The second-order valence-electron chi connectivity index (χ2n) is 7.19. The number of nitrogens with zero attached hydrogens (tertiary/aromatic N) is 4. The number of ether oxygens (including phenoxy) is 1. The SMILES string of the molecule is Cc1ccc(CN=C(NCc2nnc(C)n2C)NCC2CCCO2)c(C)c1.I. The van der Waals surface area contributed by atoms with Gasteiger partial charge in [-0.2, -0.15) is 0 Å². The average molecular weight is 498 g/mol. The fraction of sp³-hybridized carbons (Fsp3) is 0.550. The zero-order valence-corrected chi connectivity index (χ0v) is 19.5. The number of halogens is 1. The maximum atomic E-state index is 5.71. The maximum absolute atomic E-state index is 5.71. The minimum atomic E-state index is 0. The predicted molar refractivity (Wildman–Crippen MR) is 122 cm³/mol. The third-order valence-electron chi connectivity index (χ3n) is 5.02. The molecule has 1 aliphatic rings. The number of aliphatic imine (C=N–C) groups is 1. The van der Waals surface area contributed by atoms with Gasteiger partial charge in [0.05, 0.1) is 19.2 Å². The van der Waals surface area contributed by atoms with Gasteiger partial charge >= 0.3 is 0 Å². The summed E-state index contributed by atoms with van der Waals surface area (Å²) < 4.78 is 7.69. The van der Waals surface area contributed by atoms with Crippen molar-refractivity contribution in [3.8, 4) is 0 Å². The third-order valence-corrected chi connectivity index (χ3v) is 5.02. The summed E-state index contributed by atoms with van der Waals surface area (Å²) in [7, 11) is 1.97. The molecule has 2 aromatic rings. The minimum absolute atomic E-state index is 0. The molecule has 1 fully saturated rings. The summed E-state index contributed by atoms with van der Waals surface area (Å²) >= 11 is 0. The molecule has 1 atom stereocenters. The van der Waals surface area contributed by atoms with E-state index in [1.807, 2.05) is 18.5 Å². The van der Waals surface area contributed by atoms with Crippen LogP contribution in [0.15, 0.2) is 23.2 Å². The van der Waals surface area contributed by atoms with E-state index < -0.39 is 0 Å². The standard InChI is InChI=1S/C20H30N6O.HI/c1-14-7-8-17(15(2)10-14)11-21-20(22-12-18-6-5-9-27-18)23-13-19-25-24-16(3)26(19)4;/h7-8,10,18H,5-6,9,11-13H2,1-4H3,(H2,21,22,23);1H. The van der Waals surface area contributed by atoms with Crippen molar-refractivity contribution in [1.82, 2.24) is 25.4 Å². The molecule has 0 bridgehead atoms.